The Balaban J connectivity index is 3.14. The molecule has 0 saturated heterocycles. The van der Waals surface area contributed by atoms with Gasteiger partial charge in [0.1, 0.15) is 0 Å². The predicted molar refractivity (Wildman–Crippen MR) is 53.2 cm³/mol. The third-order valence-corrected chi connectivity index (χ3v) is 1.70. The average molecular weight is 173 g/mol. The lowest BCUT2D eigenvalue weighted by Gasteiger charge is -2.15. The molecule has 0 rings (SSSR count). The largest absolute Gasteiger partial charge is 0.363 e. The fraction of sp³-hybridized carbons (Fsp3) is 1.00. The Morgan fingerprint density at radius 3 is 2.42 bits per heavy atom. The van der Waals surface area contributed by atoms with Crippen LogP contribution in [0.3, 0.4) is 0 Å². The summed E-state index contributed by atoms with van der Waals surface area (Å²) in [6.45, 7) is 10.5. The van der Waals surface area contributed by atoms with E-state index in [1.165, 1.54) is 6.42 Å². The Kier molecular flexibility index (Phi) is 7.51. The normalized spacial score (nSPS) is 13.8. The Bertz CT molecular complexity index is 93.8. The number of rotatable bonds is 7. The van der Waals surface area contributed by atoms with Crippen LogP contribution in [0.5, 0.6) is 0 Å². The smallest absolute Gasteiger partial charge is 0.0968 e. The SMILES string of the molecule is CCCNCOC(C)CC(C)C. The van der Waals surface area contributed by atoms with Gasteiger partial charge in [-0.2, -0.15) is 0 Å². The third kappa shape index (κ3) is 8.02. The summed E-state index contributed by atoms with van der Waals surface area (Å²) < 4.78 is 5.54. The number of ether oxygens (including phenoxy) is 1. The van der Waals surface area contributed by atoms with Crippen molar-refractivity contribution < 1.29 is 4.74 Å². The maximum Gasteiger partial charge on any atom is 0.0968 e. The lowest BCUT2D eigenvalue weighted by Crippen LogP contribution is -2.23. The third-order valence-electron chi connectivity index (χ3n) is 1.70. The van der Waals surface area contributed by atoms with Gasteiger partial charge >= 0.3 is 0 Å². The van der Waals surface area contributed by atoms with Crippen molar-refractivity contribution in [2.75, 3.05) is 13.3 Å². The van der Waals surface area contributed by atoms with E-state index in [1.807, 2.05) is 0 Å². The van der Waals surface area contributed by atoms with Gasteiger partial charge in [0.25, 0.3) is 0 Å². The molecule has 0 aromatic carbocycles. The molecule has 0 spiro atoms. The van der Waals surface area contributed by atoms with Crippen molar-refractivity contribution in [3.63, 3.8) is 0 Å². The molecule has 0 aliphatic heterocycles. The van der Waals surface area contributed by atoms with Gasteiger partial charge in [-0.15, -0.1) is 0 Å². The lowest BCUT2D eigenvalue weighted by molar-refractivity contribution is 0.0399. The van der Waals surface area contributed by atoms with Gasteiger partial charge in [0.05, 0.1) is 12.8 Å². The average Bonchev–Trinajstić information content (AvgIpc) is 1.97. The molecule has 1 N–H and O–H groups in total. The van der Waals surface area contributed by atoms with E-state index in [9.17, 15) is 0 Å². The van der Waals surface area contributed by atoms with E-state index in [2.05, 4.69) is 33.0 Å². The molecule has 0 heterocycles. The zero-order valence-corrected chi connectivity index (χ0v) is 8.89. The molecule has 1 unspecified atom stereocenters. The number of hydrogen-bond acceptors (Lipinski definition) is 2. The van der Waals surface area contributed by atoms with Crippen LogP contribution in [0.25, 0.3) is 0 Å². The van der Waals surface area contributed by atoms with E-state index < -0.39 is 0 Å². The van der Waals surface area contributed by atoms with E-state index in [1.54, 1.807) is 0 Å². The van der Waals surface area contributed by atoms with Gasteiger partial charge in [-0.25, -0.2) is 0 Å². The first kappa shape index (κ1) is 11.9. The highest BCUT2D eigenvalue weighted by atomic mass is 16.5. The van der Waals surface area contributed by atoms with Crippen LogP contribution in [0.15, 0.2) is 0 Å². The molecular formula is C10H23NO. The summed E-state index contributed by atoms with van der Waals surface area (Å²) in [5.41, 5.74) is 0. The molecule has 0 radical (unpaired) electrons. The summed E-state index contributed by atoms with van der Waals surface area (Å²) in [5, 5.41) is 3.22. The molecule has 2 nitrogen and oxygen atoms in total. The molecule has 0 amide bonds. The molecule has 2 heteroatoms. The molecule has 1 atom stereocenters. The molecular weight excluding hydrogens is 150 g/mol. The fourth-order valence-corrected chi connectivity index (χ4v) is 1.18. The second-order valence-corrected chi connectivity index (χ2v) is 3.75. The monoisotopic (exact) mass is 173 g/mol. The molecule has 0 bridgehead atoms. The summed E-state index contributed by atoms with van der Waals surface area (Å²) in [5.74, 6) is 0.728. The van der Waals surface area contributed by atoms with Crippen molar-refractivity contribution in [3.8, 4) is 0 Å². The first-order valence-corrected chi connectivity index (χ1v) is 4.99. The fourth-order valence-electron chi connectivity index (χ4n) is 1.18. The predicted octanol–water partition coefficient (Wildman–Crippen LogP) is 2.39. The maximum absolute atomic E-state index is 5.54. The molecule has 0 aliphatic carbocycles. The Labute approximate surface area is 76.7 Å². The standard InChI is InChI=1S/C10H23NO/c1-5-6-11-8-12-10(4)7-9(2)3/h9-11H,5-8H2,1-4H3. The lowest BCUT2D eigenvalue weighted by atomic mass is 10.1. The van der Waals surface area contributed by atoms with Gasteiger partial charge in [0.2, 0.25) is 0 Å². The Hall–Kier alpha value is -0.0800. The summed E-state index contributed by atoms with van der Waals surface area (Å²) in [6.07, 6.45) is 2.70. The highest BCUT2D eigenvalue weighted by Crippen LogP contribution is 2.06. The van der Waals surface area contributed by atoms with E-state index in [0.717, 1.165) is 18.9 Å². The van der Waals surface area contributed by atoms with Crippen LogP contribution < -0.4 is 5.32 Å². The number of hydrogen-bond donors (Lipinski definition) is 1. The van der Waals surface area contributed by atoms with Crippen LogP contribution >= 0.6 is 0 Å². The molecule has 12 heavy (non-hydrogen) atoms. The molecule has 74 valence electrons. The topological polar surface area (TPSA) is 21.3 Å². The molecule has 0 aromatic heterocycles. The van der Waals surface area contributed by atoms with Gasteiger partial charge in [-0.1, -0.05) is 20.8 Å². The highest BCUT2D eigenvalue weighted by molar-refractivity contribution is 4.53. The summed E-state index contributed by atoms with van der Waals surface area (Å²) >= 11 is 0. The quantitative estimate of drug-likeness (QED) is 0.471. The van der Waals surface area contributed by atoms with Crippen molar-refractivity contribution in [2.24, 2.45) is 5.92 Å². The van der Waals surface area contributed by atoms with Crippen LogP contribution in [0, 0.1) is 5.92 Å². The highest BCUT2D eigenvalue weighted by Gasteiger charge is 2.03. The van der Waals surface area contributed by atoms with Gasteiger partial charge in [0, 0.05) is 0 Å². The first-order valence-electron chi connectivity index (χ1n) is 4.99. The van der Waals surface area contributed by atoms with Crippen LogP contribution in [-0.4, -0.2) is 19.4 Å². The van der Waals surface area contributed by atoms with Crippen molar-refractivity contribution in [2.45, 2.75) is 46.6 Å². The van der Waals surface area contributed by atoms with Gasteiger partial charge in [-0.05, 0) is 32.2 Å². The van der Waals surface area contributed by atoms with Crippen molar-refractivity contribution in [3.05, 3.63) is 0 Å². The van der Waals surface area contributed by atoms with Crippen LogP contribution in [0.1, 0.15) is 40.5 Å². The Morgan fingerprint density at radius 1 is 1.25 bits per heavy atom. The van der Waals surface area contributed by atoms with Gasteiger partial charge < -0.3 is 4.74 Å². The van der Waals surface area contributed by atoms with E-state index in [-0.39, 0.29) is 0 Å². The minimum atomic E-state index is 0.384. The zero-order chi connectivity index (χ0) is 9.40. The minimum Gasteiger partial charge on any atom is -0.363 e. The summed E-state index contributed by atoms with van der Waals surface area (Å²) in [7, 11) is 0. The molecule has 0 aliphatic rings. The van der Waals surface area contributed by atoms with Crippen LogP contribution in [-0.2, 0) is 4.74 Å². The second kappa shape index (κ2) is 7.56. The second-order valence-electron chi connectivity index (χ2n) is 3.75. The summed E-state index contributed by atoms with van der Waals surface area (Å²) in [4.78, 5) is 0. The summed E-state index contributed by atoms with van der Waals surface area (Å²) in [6, 6.07) is 0. The van der Waals surface area contributed by atoms with Crippen LogP contribution in [0.2, 0.25) is 0 Å². The van der Waals surface area contributed by atoms with E-state index in [4.69, 9.17) is 4.74 Å². The van der Waals surface area contributed by atoms with Gasteiger partial charge in [-0.3, -0.25) is 5.32 Å². The first-order chi connectivity index (χ1) is 5.66. The molecule has 0 aromatic rings. The minimum absolute atomic E-state index is 0.384. The van der Waals surface area contributed by atoms with Gasteiger partial charge in [0.15, 0.2) is 0 Å². The maximum atomic E-state index is 5.54. The molecule has 0 fully saturated rings. The van der Waals surface area contributed by atoms with Crippen LogP contribution in [0.4, 0.5) is 0 Å². The van der Waals surface area contributed by atoms with Crippen molar-refractivity contribution in [1.29, 1.82) is 0 Å². The zero-order valence-electron chi connectivity index (χ0n) is 8.89. The van der Waals surface area contributed by atoms with Crippen molar-refractivity contribution in [1.82, 2.24) is 5.32 Å². The Morgan fingerprint density at radius 2 is 1.92 bits per heavy atom. The molecule has 0 saturated carbocycles. The number of nitrogens with one attached hydrogen (secondary N) is 1. The van der Waals surface area contributed by atoms with E-state index >= 15 is 0 Å². The van der Waals surface area contributed by atoms with Crippen molar-refractivity contribution >= 4 is 0 Å². The van der Waals surface area contributed by atoms with E-state index in [0.29, 0.717) is 12.8 Å².